The van der Waals surface area contributed by atoms with Gasteiger partial charge in [0.25, 0.3) is 0 Å². The summed E-state index contributed by atoms with van der Waals surface area (Å²) in [6.07, 6.45) is 2.21. The third-order valence-electron chi connectivity index (χ3n) is 4.24. The lowest BCUT2D eigenvalue weighted by molar-refractivity contribution is -0.120. The van der Waals surface area contributed by atoms with Crippen LogP contribution in [0.3, 0.4) is 0 Å². The molecule has 24 heavy (non-hydrogen) atoms. The van der Waals surface area contributed by atoms with Crippen molar-refractivity contribution in [2.24, 2.45) is 0 Å². The number of hydrogen-bond acceptors (Lipinski definition) is 2. The fraction of sp³-hybridized carbons (Fsp3) is 0.190. The Morgan fingerprint density at radius 1 is 0.917 bits per heavy atom. The predicted octanol–water partition coefficient (Wildman–Crippen LogP) is 4.95. The minimum absolute atomic E-state index is 0.113. The zero-order chi connectivity index (χ0) is 16.4. The van der Waals surface area contributed by atoms with Crippen molar-refractivity contribution in [1.82, 2.24) is 5.32 Å². The number of nitrogens with one attached hydrogen (secondary N) is 1. The first kappa shape index (κ1) is 15.3. The molecule has 1 unspecified atom stereocenters. The average Bonchev–Trinajstić information content (AvgIpc) is 3.44. The van der Waals surface area contributed by atoms with Crippen LogP contribution in [0.15, 0.2) is 77.7 Å². The number of carbonyl (C=O) groups is 1. The summed E-state index contributed by atoms with van der Waals surface area (Å²) < 4.78 is 0. The molecule has 1 aliphatic rings. The van der Waals surface area contributed by atoms with E-state index in [2.05, 4.69) is 35.6 Å². The number of rotatable bonds is 5. The molecule has 2 nitrogen and oxygen atoms in total. The second-order valence-electron chi connectivity index (χ2n) is 6.20. The van der Waals surface area contributed by atoms with Crippen LogP contribution >= 0.6 is 11.8 Å². The second-order valence-corrected chi connectivity index (χ2v) is 7.38. The van der Waals surface area contributed by atoms with Gasteiger partial charge in [-0.15, -0.1) is 11.8 Å². The molecule has 1 N–H and O–H groups in total. The SMILES string of the molecule is O=C(NC1CC1)C(Sc1ccc2ccccc2c1)c1ccccc1. The van der Waals surface area contributed by atoms with Gasteiger partial charge in [-0.05, 0) is 41.3 Å². The van der Waals surface area contributed by atoms with Crippen LogP contribution < -0.4 is 5.32 Å². The van der Waals surface area contributed by atoms with Crippen LogP contribution in [-0.2, 0) is 4.79 Å². The Balaban J connectivity index is 1.63. The van der Waals surface area contributed by atoms with E-state index in [1.807, 2.05) is 42.5 Å². The van der Waals surface area contributed by atoms with Gasteiger partial charge in [-0.3, -0.25) is 4.79 Å². The third kappa shape index (κ3) is 3.46. The van der Waals surface area contributed by atoms with Gasteiger partial charge in [0.15, 0.2) is 0 Å². The first-order valence-electron chi connectivity index (χ1n) is 8.30. The first-order valence-corrected chi connectivity index (χ1v) is 9.18. The first-order chi connectivity index (χ1) is 11.8. The predicted molar refractivity (Wildman–Crippen MR) is 100 cm³/mol. The molecule has 3 aromatic carbocycles. The quantitative estimate of drug-likeness (QED) is 0.669. The van der Waals surface area contributed by atoms with Gasteiger partial charge in [0.1, 0.15) is 5.25 Å². The van der Waals surface area contributed by atoms with Gasteiger partial charge in [-0.2, -0.15) is 0 Å². The molecule has 1 atom stereocenters. The maximum atomic E-state index is 12.7. The van der Waals surface area contributed by atoms with E-state index in [1.165, 1.54) is 10.8 Å². The monoisotopic (exact) mass is 333 g/mol. The number of benzene rings is 3. The van der Waals surface area contributed by atoms with Crippen LogP contribution in [-0.4, -0.2) is 11.9 Å². The second kappa shape index (κ2) is 6.70. The molecule has 1 amide bonds. The minimum Gasteiger partial charge on any atom is -0.352 e. The van der Waals surface area contributed by atoms with E-state index in [9.17, 15) is 4.79 Å². The van der Waals surface area contributed by atoms with Crippen molar-refractivity contribution in [2.45, 2.75) is 29.0 Å². The van der Waals surface area contributed by atoms with Crippen molar-refractivity contribution < 1.29 is 4.79 Å². The molecule has 3 aromatic rings. The Bertz CT molecular complexity index is 858. The lowest BCUT2D eigenvalue weighted by Crippen LogP contribution is -2.29. The number of hydrogen-bond donors (Lipinski definition) is 1. The van der Waals surface area contributed by atoms with E-state index in [4.69, 9.17) is 0 Å². The molecule has 0 spiro atoms. The Morgan fingerprint density at radius 3 is 2.38 bits per heavy atom. The van der Waals surface area contributed by atoms with Crippen LogP contribution in [0.25, 0.3) is 10.8 Å². The highest BCUT2D eigenvalue weighted by Crippen LogP contribution is 2.37. The highest BCUT2D eigenvalue weighted by molar-refractivity contribution is 8.00. The fourth-order valence-electron chi connectivity index (χ4n) is 2.78. The van der Waals surface area contributed by atoms with E-state index >= 15 is 0 Å². The summed E-state index contributed by atoms with van der Waals surface area (Å²) in [4.78, 5) is 13.8. The molecule has 1 aliphatic carbocycles. The molecule has 120 valence electrons. The fourth-order valence-corrected chi connectivity index (χ4v) is 3.86. The molecular weight excluding hydrogens is 314 g/mol. The van der Waals surface area contributed by atoms with Gasteiger partial charge in [0, 0.05) is 10.9 Å². The van der Waals surface area contributed by atoms with Gasteiger partial charge >= 0.3 is 0 Å². The summed E-state index contributed by atoms with van der Waals surface area (Å²) in [6.45, 7) is 0. The summed E-state index contributed by atoms with van der Waals surface area (Å²) in [5, 5.41) is 5.36. The van der Waals surface area contributed by atoms with E-state index in [1.54, 1.807) is 11.8 Å². The largest absolute Gasteiger partial charge is 0.352 e. The minimum atomic E-state index is -0.215. The maximum Gasteiger partial charge on any atom is 0.238 e. The summed E-state index contributed by atoms with van der Waals surface area (Å²) in [5.74, 6) is 0.113. The van der Waals surface area contributed by atoms with Gasteiger partial charge < -0.3 is 5.32 Å². The third-order valence-corrected chi connectivity index (χ3v) is 5.49. The van der Waals surface area contributed by atoms with Gasteiger partial charge in [0.2, 0.25) is 5.91 Å². The van der Waals surface area contributed by atoms with Crippen LogP contribution in [0, 0.1) is 0 Å². The summed E-state index contributed by atoms with van der Waals surface area (Å²) in [6, 6.07) is 25.1. The Morgan fingerprint density at radius 2 is 1.62 bits per heavy atom. The molecule has 0 radical (unpaired) electrons. The highest BCUT2D eigenvalue weighted by Gasteiger charge is 2.29. The number of fused-ring (bicyclic) bond motifs is 1. The lowest BCUT2D eigenvalue weighted by atomic mass is 10.1. The van der Waals surface area contributed by atoms with E-state index in [-0.39, 0.29) is 11.2 Å². The van der Waals surface area contributed by atoms with Crippen LogP contribution in [0.5, 0.6) is 0 Å². The zero-order valence-electron chi connectivity index (χ0n) is 13.3. The Kier molecular flexibility index (Phi) is 4.26. The number of thioether (sulfide) groups is 1. The molecule has 0 aromatic heterocycles. The van der Waals surface area contributed by atoms with E-state index in [0.29, 0.717) is 6.04 Å². The number of carbonyl (C=O) groups excluding carboxylic acids is 1. The van der Waals surface area contributed by atoms with Crippen molar-refractivity contribution in [3.05, 3.63) is 78.4 Å². The Labute approximate surface area is 146 Å². The van der Waals surface area contributed by atoms with Crippen molar-refractivity contribution in [2.75, 3.05) is 0 Å². The zero-order valence-corrected chi connectivity index (χ0v) is 14.1. The number of amides is 1. The van der Waals surface area contributed by atoms with Gasteiger partial charge in [0.05, 0.1) is 0 Å². The molecule has 3 heteroatoms. The lowest BCUT2D eigenvalue weighted by Gasteiger charge is -2.17. The highest BCUT2D eigenvalue weighted by atomic mass is 32.2. The maximum absolute atomic E-state index is 12.7. The van der Waals surface area contributed by atoms with Gasteiger partial charge in [-0.1, -0.05) is 60.7 Å². The Hall–Kier alpha value is -2.26. The average molecular weight is 333 g/mol. The van der Waals surface area contributed by atoms with E-state index in [0.717, 1.165) is 23.3 Å². The van der Waals surface area contributed by atoms with Crippen molar-refractivity contribution in [3.8, 4) is 0 Å². The molecule has 0 bridgehead atoms. The van der Waals surface area contributed by atoms with Crippen molar-refractivity contribution in [3.63, 3.8) is 0 Å². The van der Waals surface area contributed by atoms with E-state index < -0.39 is 0 Å². The van der Waals surface area contributed by atoms with Crippen molar-refractivity contribution in [1.29, 1.82) is 0 Å². The topological polar surface area (TPSA) is 29.1 Å². The molecule has 0 saturated heterocycles. The molecule has 1 fully saturated rings. The summed E-state index contributed by atoms with van der Waals surface area (Å²) >= 11 is 1.62. The standard InChI is InChI=1S/C21H19NOS/c23-21(22-18-11-12-18)20(16-7-2-1-3-8-16)24-19-13-10-15-6-4-5-9-17(15)14-19/h1-10,13-14,18,20H,11-12H2,(H,22,23). The van der Waals surface area contributed by atoms with Crippen LogP contribution in [0.2, 0.25) is 0 Å². The summed E-state index contributed by atoms with van der Waals surface area (Å²) in [5.41, 5.74) is 1.05. The van der Waals surface area contributed by atoms with Crippen LogP contribution in [0.1, 0.15) is 23.7 Å². The molecule has 0 heterocycles. The molecule has 0 aliphatic heterocycles. The van der Waals surface area contributed by atoms with Gasteiger partial charge in [-0.25, -0.2) is 0 Å². The molecule has 4 rings (SSSR count). The molecule has 1 saturated carbocycles. The molecular formula is C21H19NOS. The normalized spacial score (nSPS) is 15.2. The van der Waals surface area contributed by atoms with Crippen molar-refractivity contribution >= 4 is 28.4 Å². The smallest absolute Gasteiger partial charge is 0.238 e. The summed E-state index contributed by atoms with van der Waals surface area (Å²) in [7, 11) is 0. The van der Waals surface area contributed by atoms with Crippen LogP contribution in [0.4, 0.5) is 0 Å².